The highest BCUT2D eigenvalue weighted by Crippen LogP contribution is 2.43. The Morgan fingerprint density at radius 1 is 1.24 bits per heavy atom. The van der Waals surface area contributed by atoms with E-state index in [9.17, 15) is 0 Å². The highest BCUT2D eigenvalue weighted by Gasteiger charge is 2.39. The van der Waals surface area contributed by atoms with Gasteiger partial charge in [-0.3, -0.25) is 0 Å². The lowest BCUT2D eigenvalue weighted by Gasteiger charge is -2.38. The Bertz CT molecular complexity index is 685. The summed E-state index contributed by atoms with van der Waals surface area (Å²) in [4.78, 5) is 0. The number of methoxy groups -OCH3 is 1. The van der Waals surface area contributed by atoms with Crippen molar-refractivity contribution >= 4 is 0 Å². The normalized spacial score (nSPS) is 16.3. The second kappa shape index (κ2) is 9.21. The molecule has 1 aromatic rings. The van der Waals surface area contributed by atoms with E-state index in [0.29, 0.717) is 18.9 Å². The molecule has 0 aliphatic heterocycles. The Morgan fingerprint density at radius 2 is 2.00 bits per heavy atom. The number of nitrogens with two attached hydrogens (primary N) is 1. The zero-order valence-electron chi connectivity index (χ0n) is 14.9. The first kappa shape index (κ1) is 19.0. The molecule has 1 aromatic carbocycles. The Hall–Kier alpha value is -2.36. The van der Waals surface area contributed by atoms with Crippen LogP contribution in [0.15, 0.2) is 90.8 Å². The van der Waals surface area contributed by atoms with Crippen LogP contribution >= 0.6 is 0 Å². The summed E-state index contributed by atoms with van der Waals surface area (Å²) in [5, 5.41) is 0. The van der Waals surface area contributed by atoms with E-state index < -0.39 is 5.60 Å². The Kier molecular flexibility index (Phi) is 6.99. The maximum absolute atomic E-state index is 6.38. The SMILES string of the molecule is C=C(/C=C\C(=C)C(OCCN)(C1=CC=CCC1)c1ccccc1)OC. The summed E-state index contributed by atoms with van der Waals surface area (Å²) < 4.78 is 11.5. The predicted octanol–water partition coefficient (Wildman–Crippen LogP) is 4.41. The van der Waals surface area contributed by atoms with Crippen molar-refractivity contribution in [3.63, 3.8) is 0 Å². The molecule has 0 saturated heterocycles. The molecule has 1 unspecified atom stereocenters. The van der Waals surface area contributed by atoms with Crippen molar-refractivity contribution in [1.29, 1.82) is 0 Å². The first-order valence-electron chi connectivity index (χ1n) is 8.51. The average molecular weight is 337 g/mol. The van der Waals surface area contributed by atoms with Gasteiger partial charge in [0.25, 0.3) is 0 Å². The van der Waals surface area contributed by atoms with Gasteiger partial charge in [0.2, 0.25) is 0 Å². The number of ether oxygens (including phenoxy) is 2. The van der Waals surface area contributed by atoms with Crippen LogP contribution in [-0.2, 0) is 15.1 Å². The molecule has 2 N–H and O–H groups in total. The van der Waals surface area contributed by atoms with Crippen LogP contribution in [0.25, 0.3) is 0 Å². The van der Waals surface area contributed by atoms with Gasteiger partial charge >= 0.3 is 0 Å². The van der Waals surface area contributed by atoms with Crippen molar-refractivity contribution in [1.82, 2.24) is 0 Å². The van der Waals surface area contributed by atoms with Crippen molar-refractivity contribution in [2.24, 2.45) is 5.73 Å². The van der Waals surface area contributed by atoms with Crippen LogP contribution in [0.5, 0.6) is 0 Å². The van der Waals surface area contributed by atoms with Crippen LogP contribution in [0, 0.1) is 0 Å². The largest absolute Gasteiger partial charge is 0.497 e. The third-order valence-electron chi connectivity index (χ3n) is 4.27. The van der Waals surface area contributed by atoms with Gasteiger partial charge in [-0.2, -0.15) is 0 Å². The van der Waals surface area contributed by atoms with Gasteiger partial charge in [-0.05, 0) is 35.6 Å². The lowest BCUT2D eigenvalue weighted by Crippen LogP contribution is -2.36. The van der Waals surface area contributed by atoms with Gasteiger partial charge in [0, 0.05) is 6.54 Å². The molecule has 0 amide bonds. The van der Waals surface area contributed by atoms with E-state index in [1.807, 2.05) is 30.4 Å². The van der Waals surface area contributed by atoms with E-state index in [2.05, 4.69) is 43.5 Å². The molecule has 0 saturated carbocycles. The van der Waals surface area contributed by atoms with Crippen molar-refractivity contribution in [2.45, 2.75) is 18.4 Å². The molecule has 0 bridgehead atoms. The topological polar surface area (TPSA) is 44.5 Å². The Labute approximate surface area is 150 Å². The quantitative estimate of drug-likeness (QED) is 0.536. The van der Waals surface area contributed by atoms with Gasteiger partial charge in [-0.25, -0.2) is 0 Å². The highest BCUT2D eigenvalue weighted by atomic mass is 16.5. The minimum Gasteiger partial charge on any atom is -0.497 e. The number of hydrogen-bond acceptors (Lipinski definition) is 3. The van der Waals surface area contributed by atoms with Gasteiger partial charge in [0.15, 0.2) is 0 Å². The summed E-state index contributed by atoms with van der Waals surface area (Å²) in [5.41, 5.74) is 8.05. The van der Waals surface area contributed by atoms with Crippen molar-refractivity contribution in [2.75, 3.05) is 20.3 Å². The zero-order chi connectivity index (χ0) is 18.1. The van der Waals surface area contributed by atoms with E-state index in [-0.39, 0.29) is 0 Å². The van der Waals surface area contributed by atoms with Gasteiger partial charge in [-0.15, -0.1) is 0 Å². The van der Waals surface area contributed by atoms with Crippen molar-refractivity contribution < 1.29 is 9.47 Å². The van der Waals surface area contributed by atoms with Crippen LogP contribution in [0.1, 0.15) is 18.4 Å². The van der Waals surface area contributed by atoms with Gasteiger partial charge in [0.1, 0.15) is 11.4 Å². The van der Waals surface area contributed by atoms with Crippen LogP contribution in [-0.4, -0.2) is 20.3 Å². The Morgan fingerprint density at radius 3 is 2.60 bits per heavy atom. The fourth-order valence-electron chi connectivity index (χ4n) is 3.01. The molecule has 1 aliphatic rings. The van der Waals surface area contributed by atoms with Crippen molar-refractivity contribution in [3.8, 4) is 0 Å². The summed E-state index contributed by atoms with van der Waals surface area (Å²) in [6.07, 6.45) is 12.0. The fourth-order valence-corrected chi connectivity index (χ4v) is 3.01. The molecule has 1 aliphatic carbocycles. The predicted molar refractivity (Wildman–Crippen MR) is 104 cm³/mol. The molecule has 0 spiro atoms. The molecule has 25 heavy (non-hydrogen) atoms. The number of rotatable bonds is 9. The van der Waals surface area contributed by atoms with E-state index in [4.69, 9.17) is 15.2 Å². The van der Waals surface area contributed by atoms with E-state index >= 15 is 0 Å². The van der Waals surface area contributed by atoms with Crippen molar-refractivity contribution in [3.05, 3.63) is 96.3 Å². The highest BCUT2D eigenvalue weighted by molar-refractivity contribution is 5.49. The molecular formula is C22H27NO2. The standard InChI is InChI=1S/C22H27NO2/c1-18(14-15-19(2)24-3)22(25-17-16-23,20-10-6-4-7-11-20)21-12-8-5-9-13-21/h4-8,10-12,14-15H,1-2,9,13,16-17,23H2,3H3/b15-14-. The van der Waals surface area contributed by atoms with Crippen LogP contribution in [0.2, 0.25) is 0 Å². The molecule has 0 fully saturated rings. The molecule has 3 heteroatoms. The lowest BCUT2D eigenvalue weighted by atomic mass is 9.76. The number of benzene rings is 1. The van der Waals surface area contributed by atoms with E-state index in [1.165, 1.54) is 5.57 Å². The molecule has 1 atom stereocenters. The zero-order valence-corrected chi connectivity index (χ0v) is 14.9. The second-order valence-electron chi connectivity index (χ2n) is 5.87. The third-order valence-corrected chi connectivity index (χ3v) is 4.27. The average Bonchev–Trinajstić information content (AvgIpc) is 2.68. The molecule has 2 rings (SSSR count). The van der Waals surface area contributed by atoms with Gasteiger partial charge in [0.05, 0.1) is 13.7 Å². The minimum absolute atomic E-state index is 0.439. The minimum atomic E-state index is -0.740. The summed E-state index contributed by atoms with van der Waals surface area (Å²) in [6.45, 7) is 9.04. The molecule has 0 heterocycles. The number of allylic oxidation sites excluding steroid dienone is 4. The second-order valence-corrected chi connectivity index (χ2v) is 5.87. The maximum atomic E-state index is 6.38. The summed E-state index contributed by atoms with van der Waals surface area (Å²) in [7, 11) is 1.60. The van der Waals surface area contributed by atoms with E-state index in [0.717, 1.165) is 24.0 Å². The first-order valence-corrected chi connectivity index (χ1v) is 8.51. The summed E-state index contributed by atoms with van der Waals surface area (Å²) in [5.74, 6) is 0.569. The van der Waals surface area contributed by atoms with Crippen LogP contribution in [0.4, 0.5) is 0 Å². The summed E-state index contributed by atoms with van der Waals surface area (Å²) >= 11 is 0. The lowest BCUT2D eigenvalue weighted by molar-refractivity contribution is 0.0119. The summed E-state index contributed by atoms with van der Waals surface area (Å²) in [6, 6.07) is 10.2. The van der Waals surface area contributed by atoms with Gasteiger partial charge in [-0.1, -0.05) is 67.8 Å². The smallest absolute Gasteiger partial charge is 0.139 e. The van der Waals surface area contributed by atoms with Crippen LogP contribution in [0.3, 0.4) is 0 Å². The monoisotopic (exact) mass is 337 g/mol. The molecule has 0 radical (unpaired) electrons. The third kappa shape index (κ3) is 4.38. The molecule has 132 valence electrons. The van der Waals surface area contributed by atoms with E-state index in [1.54, 1.807) is 7.11 Å². The first-order chi connectivity index (χ1) is 12.1. The fraction of sp³-hybridized carbons (Fsp3) is 0.273. The molecular weight excluding hydrogens is 310 g/mol. The number of hydrogen-bond donors (Lipinski definition) is 1. The maximum Gasteiger partial charge on any atom is 0.139 e. The Balaban J connectivity index is 2.55. The van der Waals surface area contributed by atoms with Crippen LogP contribution < -0.4 is 5.73 Å². The molecule has 0 aromatic heterocycles. The van der Waals surface area contributed by atoms with Gasteiger partial charge < -0.3 is 15.2 Å². The molecule has 3 nitrogen and oxygen atoms in total.